The van der Waals surface area contributed by atoms with E-state index in [0.717, 1.165) is 25.3 Å². The van der Waals surface area contributed by atoms with E-state index in [0.29, 0.717) is 11.8 Å². The lowest BCUT2D eigenvalue weighted by Gasteiger charge is -2.20. The van der Waals surface area contributed by atoms with Crippen LogP contribution in [-0.4, -0.2) is 13.2 Å². The Bertz CT molecular complexity index is 292. The highest BCUT2D eigenvalue weighted by Crippen LogP contribution is 2.28. The van der Waals surface area contributed by atoms with Crippen molar-refractivity contribution in [3.05, 3.63) is 29.8 Å². The first kappa shape index (κ1) is 13.0. The van der Waals surface area contributed by atoms with Gasteiger partial charge < -0.3 is 10.5 Å². The average Bonchev–Trinajstić information content (AvgIpc) is 2.27. The van der Waals surface area contributed by atoms with Gasteiger partial charge in [-0.2, -0.15) is 0 Å². The monoisotopic (exact) mass is 221 g/mol. The van der Waals surface area contributed by atoms with Crippen molar-refractivity contribution in [1.29, 1.82) is 0 Å². The molecule has 0 amide bonds. The summed E-state index contributed by atoms with van der Waals surface area (Å²) in [4.78, 5) is 0. The Balaban J connectivity index is 2.77. The maximum Gasteiger partial charge on any atom is 0.119 e. The number of nitrogens with two attached hydrogens (primary N) is 1. The van der Waals surface area contributed by atoms with Crippen molar-refractivity contribution < 1.29 is 4.74 Å². The Morgan fingerprint density at radius 3 is 2.25 bits per heavy atom. The fraction of sp³-hybridized carbons (Fsp3) is 0.571. The fourth-order valence-electron chi connectivity index (χ4n) is 2.04. The third-order valence-corrected chi connectivity index (χ3v) is 2.90. The molecule has 0 bridgehead atoms. The van der Waals surface area contributed by atoms with Crippen LogP contribution in [0.5, 0.6) is 5.75 Å². The Kier molecular flexibility index (Phi) is 5.33. The van der Waals surface area contributed by atoms with Crippen molar-refractivity contribution in [1.82, 2.24) is 0 Å². The molecule has 0 saturated heterocycles. The van der Waals surface area contributed by atoms with Gasteiger partial charge in [0, 0.05) is 0 Å². The van der Waals surface area contributed by atoms with Crippen molar-refractivity contribution in [2.75, 3.05) is 13.2 Å². The molecule has 1 unspecified atom stereocenters. The van der Waals surface area contributed by atoms with Gasteiger partial charge in [0.25, 0.3) is 0 Å². The van der Waals surface area contributed by atoms with Gasteiger partial charge in [-0.15, -0.1) is 0 Å². The summed E-state index contributed by atoms with van der Waals surface area (Å²) in [7, 11) is 0. The second-order valence-electron chi connectivity index (χ2n) is 4.43. The molecule has 0 aliphatic rings. The van der Waals surface area contributed by atoms with Crippen LogP contribution in [0.15, 0.2) is 24.3 Å². The fourth-order valence-corrected chi connectivity index (χ4v) is 2.04. The van der Waals surface area contributed by atoms with Crippen molar-refractivity contribution in [3.8, 4) is 5.75 Å². The molecule has 1 rings (SSSR count). The molecule has 0 saturated carbocycles. The lowest BCUT2D eigenvalue weighted by molar-refractivity contribution is 0.340. The van der Waals surface area contributed by atoms with E-state index in [-0.39, 0.29) is 0 Å². The zero-order chi connectivity index (χ0) is 12.0. The summed E-state index contributed by atoms with van der Waals surface area (Å²) < 4.78 is 5.44. The smallest absolute Gasteiger partial charge is 0.119 e. The van der Waals surface area contributed by atoms with Crippen LogP contribution in [0.25, 0.3) is 0 Å². The van der Waals surface area contributed by atoms with Crippen molar-refractivity contribution in [3.63, 3.8) is 0 Å². The Morgan fingerprint density at radius 2 is 1.81 bits per heavy atom. The van der Waals surface area contributed by atoms with Gasteiger partial charge in [0.2, 0.25) is 0 Å². The van der Waals surface area contributed by atoms with E-state index in [1.165, 1.54) is 5.56 Å². The minimum Gasteiger partial charge on any atom is -0.494 e. The number of rotatable bonds is 6. The van der Waals surface area contributed by atoms with E-state index < -0.39 is 0 Å². The van der Waals surface area contributed by atoms with Crippen LogP contribution in [-0.2, 0) is 0 Å². The number of hydrogen-bond acceptors (Lipinski definition) is 2. The first-order valence-electron chi connectivity index (χ1n) is 6.11. The summed E-state index contributed by atoms with van der Waals surface area (Å²) in [6.45, 7) is 7.96. The minimum atomic E-state index is 0.556. The normalized spacial score (nSPS) is 12.8. The maximum absolute atomic E-state index is 5.66. The number of hydrogen-bond donors (Lipinski definition) is 1. The summed E-state index contributed by atoms with van der Waals surface area (Å²) >= 11 is 0. The van der Waals surface area contributed by atoms with Crippen molar-refractivity contribution in [2.45, 2.75) is 33.1 Å². The van der Waals surface area contributed by atoms with Gasteiger partial charge in [-0.3, -0.25) is 0 Å². The molecule has 0 heterocycles. The lowest BCUT2D eigenvalue weighted by Crippen LogP contribution is -2.12. The topological polar surface area (TPSA) is 35.2 Å². The number of ether oxygens (including phenoxy) is 1. The SMILES string of the molecule is CCOc1ccc(C(CCN)C(C)C)cc1. The van der Waals surface area contributed by atoms with Crippen molar-refractivity contribution in [2.24, 2.45) is 11.7 Å². The highest BCUT2D eigenvalue weighted by molar-refractivity contribution is 5.29. The molecule has 2 nitrogen and oxygen atoms in total. The van der Waals surface area contributed by atoms with Gasteiger partial charge in [-0.05, 0) is 49.4 Å². The van der Waals surface area contributed by atoms with Gasteiger partial charge in [-0.1, -0.05) is 26.0 Å². The minimum absolute atomic E-state index is 0.556. The first-order chi connectivity index (χ1) is 7.69. The standard InChI is InChI=1S/C14H23NO/c1-4-16-13-7-5-12(6-8-13)14(9-10-15)11(2)3/h5-8,11,14H,4,9-10,15H2,1-3H3. The summed E-state index contributed by atoms with van der Waals surface area (Å²) in [5.74, 6) is 2.13. The number of benzene rings is 1. The molecule has 0 spiro atoms. The average molecular weight is 221 g/mol. The first-order valence-corrected chi connectivity index (χ1v) is 6.11. The maximum atomic E-state index is 5.66. The third-order valence-electron chi connectivity index (χ3n) is 2.90. The van der Waals surface area contributed by atoms with Gasteiger partial charge in [-0.25, -0.2) is 0 Å². The zero-order valence-corrected chi connectivity index (χ0v) is 10.6. The van der Waals surface area contributed by atoms with Gasteiger partial charge in [0.1, 0.15) is 5.75 Å². The summed E-state index contributed by atoms with van der Waals surface area (Å²) in [5, 5.41) is 0. The molecule has 1 atom stereocenters. The second-order valence-corrected chi connectivity index (χ2v) is 4.43. The molecule has 16 heavy (non-hydrogen) atoms. The Morgan fingerprint density at radius 1 is 1.19 bits per heavy atom. The van der Waals surface area contributed by atoms with Gasteiger partial charge in [0.15, 0.2) is 0 Å². The van der Waals surface area contributed by atoms with Crippen LogP contribution >= 0.6 is 0 Å². The van der Waals surface area contributed by atoms with Crippen LogP contribution in [0.4, 0.5) is 0 Å². The predicted octanol–water partition coefficient (Wildman–Crippen LogP) is 3.17. The van der Waals surface area contributed by atoms with E-state index in [9.17, 15) is 0 Å². The van der Waals surface area contributed by atoms with Crippen LogP contribution < -0.4 is 10.5 Å². The van der Waals surface area contributed by atoms with Crippen LogP contribution in [0.2, 0.25) is 0 Å². The van der Waals surface area contributed by atoms with E-state index in [2.05, 4.69) is 26.0 Å². The predicted molar refractivity (Wildman–Crippen MR) is 68.9 cm³/mol. The highest BCUT2D eigenvalue weighted by Gasteiger charge is 2.14. The highest BCUT2D eigenvalue weighted by atomic mass is 16.5. The van der Waals surface area contributed by atoms with E-state index in [4.69, 9.17) is 10.5 Å². The van der Waals surface area contributed by atoms with Gasteiger partial charge >= 0.3 is 0 Å². The zero-order valence-electron chi connectivity index (χ0n) is 10.6. The van der Waals surface area contributed by atoms with E-state index >= 15 is 0 Å². The van der Waals surface area contributed by atoms with Crippen LogP contribution in [0, 0.1) is 5.92 Å². The molecule has 90 valence electrons. The molecule has 0 radical (unpaired) electrons. The summed E-state index contributed by atoms with van der Waals surface area (Å²) in [5.41, 5.74) is 7.02. The third kappa shape index (κ3) is 3.53. The molecule has 0 aliphatic heterocycles. The quantitative estimate of drug-likeness (QED) is 0.800. The molecular weight excluding hydrogens is 198 g/mol. The molecule has 2 heteroatoms. The largest absolute Gasteiger partial charge is 0.494 e. The summed E-state index contributed by atoms with van der Waals surface area (Å²) in [6.07, 6.45) is 1.05. The molecule has 1 aromatic carbocycles. The molecule has 1 aromatic rings. The lowest BCUT2D eigenvalue weighted by atomic mass is 9.86. The van der Waals surface area contributed by atoms with Crippen LogP contribution in [0.3, 0.4) is 0 Å². The molecule has 0 fully saturated rings. The Hall–Kier alpha value is -1.02. The van der Waals surface area contributed by atoms with Gasteiger partial charge in [0.05, 0.1) is 6.61 Å². The molecule has 0 aromatic heterocycles. The van der Waals surface area contributed by atoms with E-state index in [1.807, 2.05) is 19.1 Å². The molecule has 0 aliphatic carbocycles. The molecular formula is C14H23NO. The second kappa shape index (κ2) is 6.54. The molecule has 2 N–H and O–H groups in total. The van der Waals surface area contributed by atoms with E-state index in [1.54, 1.807) is 0 Å². The van der Waals surface area contributed by atoms with Crippen LogP contribution in [0.1, 0.15) is 38.7 Å². The Labute approximate surface area is 98.8 Å². The summed E-state index contributed by atoms with van der Waals surface area (Å²) in [6, 6.07) is 8.41. The van der Waals surface area contributed by atoms with Crippen molar-refractivity contribution >= 4 is 0 Å².